The summed E-state index contributed by atoms with van der Waals surface area (Å²) >= 11 is 0.568. The van der Waals surface area contributed by atoms with Crippen LogP contribution in [0.15, 0.2) is 38.8 Å². The van der Waals surface area contributed by atoms with Crippen LogP contribution in [0.3, 0.4) is 0 Å². The molecule has 0 fully saturated rings. The van der Waals surface area contributed by atoms with E-state index in [0.717, 1.165) is 0 Å². The molecular weight excluding hydrogens is 510 g/mol. The van der Waals surface area contributed by atoms with Crippen LogP contribution in [0.25, 0.3) is 0 Å². The van der Waals surface area contributed by atoms with Crippen LogP contribution in [0.2, 0.25) is 0 Å². The number of primary sulfonamides is 1. The molecule has 0 aliphatic carbocycles. The Labute approximate surface area is 200 Å². The van der Waals surface area contributed by atoms with Crippen LogP contribution in [0.1, 0.15) is 43.0 Å². The highest BCUT2D eigenvalue weighted by Gasteiger charge is 2.42. The summed E-state index contributed by atoms with van der Waals surface area (Å²) in [6, 6.07) is 7.02. The minimum Gasteiger partial charge on any atom is -0.445 e. The number of thiophene rings is 1. The van der Waals surface area contributed by atoms with Gasteiger partial charge in [-0.1, -0.05) is 24.3 Å². The van der Waals surface area contributed by atoms with Gasteiger partial charge in [-0.3, -0.25) is 0 Å². The summed E-state index contributed by atoms with van der Waals surface area (Å²) in [7, 11) is -7.93. The summed E-state index contributed by atoms with van der Waals surface area (Å²) in [5.74, 6) is 0. The van der Waals surface area contributed by atoms with Crippen molar-refractivity contribution < 1.29 is 36.3 Å². The highest BCUT2D eigenvalue weighted by atomic mass is 32.3. The molecule has 0 spiro atoms. The van der Waals surface area contributed by atoms with E-state index in [-0.39, 0.29) is 40.2 Å². The van der Waals surface area contributed by atoms with Gasteiger partial charge in [0.05, 0.1) is 11.3 Å². The van der Waals surface area contributed by atoms with Crippen molar-refractivity contribution in [2.75, 3.05) is 6.54 Å². The van der Waals surface area contributed by atoms with Crippen molar-refractivity contribution in [2.24, 2.45) is 5.14 Å². The topological polar surface area (TPSA) is 176 Å². The molecule has 1 aromatic heterocycles. The van der Waals surface area contributed by atoms with Crippen LogP contribution in [0.4, 0.5) is 4.79 Å². The Morgan fingerprint density at radius 2 is 1.91 bits per heavy atom. The van der Waals surface area contributed by atoms with Gasteiger partial charge in [0, 0.05) is 12.1 Å². The van der Waals surface area contributed by atoms with Crippen molar-refractivity contribution in [3.63, 3.8) is 0 Å². The maximum atomic E-state index is 13.0. The molecule has 1 unspecified atom stereocenters. The van der Waals surface area contributed by atoms with Gasteiger partial charge in [0.2, 0.25) is 10.0 Å². The number of ether oxygens (including phenoxy) is 1. The standard InChI is InChI=1S/C19H23N3O9S3/c1-3-21(19(23)30-10-13-6-4-5-7-14(13)11-31-22(24)25)16-8-12(2)33(26,27)18-15(16)9-17(32-18)34(20,28)29/h4-7,9,12,16H,3,8,10-11H2,1-2H3,(H2,20,28,29)/t12?,16-/m0/s1. The van der Waals surface area contributed by atoms with E-state index in [4.69, 9.17) is 9.88 Å². The molecule has 3 rings (SSSR count). The zero-order chi connectivity index (χ0) is 25.3. The first-order valence-electron chi connectivity index (χ1n) is 10.0. The van der Waals surface area contributed by atoms with E-state index in [1.807, 2.05) is 0 Å². The van der Waals surface area contributed by atoms with E-state index in [0.29, 0.717) is 22.5 Å². The molecule has 34 heavy (non-hydrogen) atoms. The maximum absolute atomic E-state index is 13.0. The van der Waals surface area contributed by atoms with Gasteiger partial charge in [0.1, 0.15) is 21.6 Å². The van der Waals surface area contributed by atoms with E-state index in [9.17, 15) is 31.7 Å². The number of nitrogens with zero attached hydrogens (tertiary/aromatic N) is 2. The molecule has 1 amide bonds. The van der Waals surface area contributed by atoms with E-state index < -0.39 is 42.3 Å². The average molecular weight is 534 g/mol. The van der Waals surface area contributed by atoms with Crippen LogP contribution >= 0.6 is 11.3 Å². The highest BCUT2D eigenvalue weighted by Crippen LogP contribution is 2.45. The van der Waals surface area contributed by atoms with Crippen molar-refractivity contribution in [3.8, 4) is 0 Å². The lowest BCUT2D eigenvalue weighted by atomic mass is 10.0. The fourth-order valence-corrected chi connectivity index (χ4v) is 8.06. The Balaban J connectivity index is 1.86. The van der Waals surface area contributed by atoms with Gasteiger partial charge >= 0.3 is 6.09 Å². The number of sulfonamides is 1. The second-order valence-corrected chi connectivity index (χ2v) is 13.0. The summed E-state index contributed by atoms with van der Waals surface area (Å²) < 4.78 is 54.3. The number of nitrogens with two attached hydrogens (primary N) is 1. The van der Waals surface area contributed by atoms with Crippen LogP contribution in [-0.2, 0) is 42.6 Å². The number of sulfone groups is 1. The molecule has 0 radical (unpaired) electrons. The quantitative estimate of drug-likeness (QED) is 0.394. The Morgan fingerprint density at radius 1 is 1.29 bits per heavy atom. The third-order valence-electron chi connectivity index (χ3n) is 5.43. The molecule has 1 aliphatic rings. The van der Waals surface area contributed by atoms with Gasteiger partial charge in [0.15, 0.2) is 9.84 Å². The van der Waals surface area contributed by atoms with E-state index >= 15 is 0 Å². The fourth-order valence-electron chi connectivity index (χ4n) is 3.67. The summed E-state index contributed by atoms with van der Waals surface area (Å²) in [6.45, 7) is 2.81. The van der Waals surface area contributed by atoms with Gasteiger partial charge in [-0.2, -0.15) is 0 Å². The molecule has 2 heterocycles. The van der Waals surface area contributed by atoms with Crippen molar-refractivity contribution in [2.45, 2.75) is 53.2 Å². The molecular formula is C19H23N3O9S3. The van der Waals surface area contributed by atoms with E-state index in [2.05, 4.69) is 4.84 Å². The van der Waals surface area contributed by atoms with Crippen molar-refractivity contribution in [1.29, 1.82) is 0 Å². The minimum atomic E-state index is -4.14. The summed E-state index contributed by atoms with van der Waals surface area (Å²) in [4.78, 5) is 29.2. The first kappa shape index (κ1) is 25.9. The number of hydrogen-bond acceptors (Lipinski definition) is 10. The molecule has 12 nitrogen and oxygen atoms in total. The lowest BCUT2D eigenvalue weighted by Gasteiger charge is -2.35. The molecule has 0 saturated heterocycles. The lowest BCUT2D eigenvalue weighted by Crippen LogP contribution is -2.40. The monoisotopic (exact) mass is 533 g/mol. The highest BCUT2D eigenvalue weighted by molar-refractivity contribution is 7.95. The normalized spacial score (nSPS) is 19.1. The zero-order valence-corrected chi connectivity index (χ0v) is 20.7. The molecule has 0 saturated carbocycles. The third kappa shape index (κ3) is 5.32. The summed E-state index contributed by atoms with van der Waals surface area (Å²) in [6.07, 6.45) is -0.704. The number of amides is 1. The maximum Gasteiger partial charge on any atom is 0.410 e. The predicted molar refractivity (Wildman–Crippen MR) is 120 cm³/mol. The molecule has 1 aliphatic heterocycles. The largest absolute Gasteiger partial charge is 0.445 e. The Kier molecular flexibility index (Phi) is 7.50. The van der Waals surface area contributed by atoms with Crippen molar-refractivity contribution in [3.05, 3.63) is 57.1 Å². The van der Waals surface area contributed by atoms with Crippen LogP contribution in [-0.4, -0.2) is 44.7 Å². The minimum absolute atomic E-state index is 0.0479. The predicted octanol–water partition coefficient (Wildman–Crippen LogP) is 2.37. The Bertz CT molecular complexity index is 1310. The van der Waals surface area contributed by atoms with Crippen molar-refractivity contribution >= 4 is 37.3 Å². The molecule has 186 valence electrons. The van der Waals surface area contributed by atoms with Crippen LogP contribution < -0.4 is 5.14 Å². The van der Waals surface area contributed by atoms with Gasteiger partial charge < -0.3 is 14.5 Å². The number of carbonyl (C=O) groups excluding carboxylic acids is 1. The first-order valence-corrected chi connectivity index (χ1v) is 13.9. The second-order valence-electron chi connectivity index (χ2n) is 7.57. The SMILES string of the molecule is CCN(C(=O)OCc1ccccc1CO[N+](=O)[O-])[C@H]1CC(C)S(=O)(=O)c2sc(S(N)(=O)=O)cc21. The molecule has 1 aromatic carbocycles. The molecule has 2 atom stereocenters. The zero-order valence-electron chi connectivity index (χ0n) is 18.2. The van der Waals surface area contributed by atoms with Crippen LogP contribution in [0, 0.1) is 10.1 Å². The summed E-state index contributed by atoms with van der Waals surface area (Å²) in [5.41, 5.74) is 1.15. The molecule has 2 N–H and O–H groups in total. The number of fused-ring (bicyclic) bond motifs is 1. The van der Waals surface area contributed by atoms with Gasteiger partial charge in [-0.15, -0.1) is 21.5 Å². The summed E-state index contributed by atoms with van der Waals surface area (Å²) in [5, 5.41) is 13.9. The van der Waals surface area contributed by atoms with Crippen molar-refractivity contribution in [1.82, 2.24) is 4.90 Å². The smallest absolute Gasteiger partial charge is 0.410 e. The Hall–Kier alpha value is -2.75. The number of carbonyl (C=O) groups is 1. The molecule has 2 aromatic rings. The molecule has 0 bridgehead atoms. The fraction of sp³-hybridized carbons (Fsp3) is 0.421. The first-order chi connectivity index (χ1) is 15.9. The lowest BCUT2D eigenvalue weighted by molar-refractivity contribution is -0.763. The van der Waals surface area contributed by atoms with E-state index in [1.165, 1.54) is 17.9 Å². The third-order valence-corrected chi connectivity index (χ3v) is 10.7. The van der Waals surface area contributed by atoms with E-state index in [1.54, 1.807) is 31.2 Å². The second kappa shape index (κ2) is 9.85. The van der Waals surface area contributed by atoms with Gasteiger partial charge in [-0.05, 0) is 37.5 Å². The number of hydrogen-bond donors (Lipinski definition) is 1. The average Bonchev–Trinajstić information content (AvgIpc) is 3.23. The van der Waals surface area contributed by atoms with Crippen LogP contribution in [0.5, 0.6) is 0 Å². The Morgan fingerprint density at radius 3 is 2.47 bits per heavy atom. The number of rotatable bonds is 8. The molecule has 15 heteroatoms. The van der Waals surface area contributed by atoms with Gasteiger partial charge in [0.25, 0.3) is 5.09 Å². The van der Waals surface area contributed by atoms with Gasteiger partial charge in [-0.25, -0.2) is 26.8 Å². The number of benzene rings is 1.